The molecule has 0 aliphatic carbocycles. The number of carbonyl (C=O) groups excluding carboxylic acids is 3. The lowest BCUT2D eigenvalue weighted by Crippen LogP contribution is -2.48. The highest BCUT2D eigenvalue weighted by Crippen LogP contribution is 2.17. The SMILES string of the molecule is CC(=O)SC[C@@H](Cc1ccccc1)C(=O)N[C@H]1CCCCNC1=O. The highest BCUT2D eigenvalue weighted by Gasteiger charge is 2.27. The first-order chi connectivity index (χ1) is 11.6. The van der Waals surface area contributed by atoms with E-state index < -0.39 is 6.04 Å². The van der Waals surface area contributed by atoms with Crippen molar-refractivity contribution >= 4 is 28.7 Å². The molecular weight excluding hydrogens is 324 g/mol. The molecule has 2 amide bonds. The Labute approximate surface area is 147 Å². The van der Waals surface area contributed by atoms with E-state index in [9.17, 15) is 14.4 Å². The number of nitrogens with one attached hydrogen (secondary N) is 2. The molecule has 0 saturated carbocycles. The molecule has 24 heavy (non-hydrogen) atoms. The Hall–Kier alpha value is -1.82. The van der Waals surface area contributed by atoms with Gasteiger partial charge in [0.05, 0.1) is 5.92 Å². The van der Waals surface area contributed by atoms with Crippen LogP contribution in [0, 0.1) is 5.92 Å². The Morgan fingerprint density at radius 3 is 2.75 bits per heavy atom. The first-order valence-corrected chi connectivity index (χ1v) is 9.30. The average Bonchev–Trinajstić information content (AvgIpc) is 2.77. The van der Waals surface area contributed by atoms with E-state index in [0.717, 1.165) is 30.2 Å². The van der Waals surface area contributed by atoms with Gasteiger partial charge in [0.25, 0.3) is 0 Å². The molecule has 130 valence electrons. The summed E-state index contributed by atoms with van der Waals surface area (Å²) in [6.07, 6.45) is 3.07. The van der Waals surface area contributed by atoms with Crippen LogP contribution in [-0.2, 0) is 20.8 Å². The summed E-state index contributed by atoms with van der Waals surface area (Å²) in [7, 11) is 0. The van der Waals surface area contributed by atoms with Crippen LogP contribution in [0.25, 0.3) is 0 Å². The fraction of sp³-hybridized carbons (Fsp3) is 0.500. The van der Waals surface area contributed by atoms with Crippen LogP contribution >= 0.6 is 11.8 Å². The van der Waals surface area contributed by atoms with Gasteiger partial charge in [0.1, 0.15) is 6.04 Å². The van der Waals surface area contributed by atoms with Crippen molar-refractivity contribution in [2.24, 2.45) is 5.92 Å². The minimum Gasteiger partial charge on any atom is -0.354 e. The fourth-order valence-electron chi connectivity index (χ4n) is 2.71. The molecule has 6 heteroatoms. The van der Waals surface area contributed by atoms with Crippen molar-refractivity contribution in [3.63, 3.8) is 0 Å². The Balaban J connectivity index is 2.02. The van der Waals surface area contributed by atoms with Gasteiger partial charge in [-0.1, -0.05) is 42.1 Å². The monoisotopic (exact) mass is 348 g/mol. The van der Waals surface area contributed by atoms with E-state index in [-0.39, 0.29) is 22.8 Å². The molecule has 1 fully saturated rings. The first kappa shape index (κ1) is 18.5. The Morgan fingerprint density at radius 2 is 2.04 bits per heavy atom. The number of benzene rings is 1. The predicted octanol–water partition coefficient (Wildman–Crippen LogP) is 1.91. The number of hydrogen-bond acceptors (Lipinski definition) is 4. The minimum absolute atomic E-state index is 0.00642. The maximum absolute atomic E-state index is 12.7. The van der Waals surface area contributed by atoms with Crippen LogP contribution in [0.5, 0.6) is 0 Å². The molecule has 0 unspecified atom stereocenters. The molecule has 1 saturated heterocycles. The van der Waals surface area contributed by atoms with Gasteiger partial charge in [-0.15, -0.1) is 0 Å². The summed E-state index contributed by atoms with van der Waals surface area (Å²) in [5, 5.41) is 5.70. The lowest BCUT2D eigenvalue weighted by atomic mass is 9.99. The Morgan fingerprint density at radius 1 is 1.29 bits per heavy atom. The molecule has 0 bridgehead atoms. The molecule has 0 radical (unpaired) electrons. The minimum atomic E-state index is -0.472. The molecule has 1 aliphatic heterocycles. The molecule has 0 aromatic heterocycles. The van der Waals surface area contributed by atoms with Crippen LogP contribution in [0.2, 0.25) is 0 Å². The van der Waals surface area contributed by atoms with Crippen LogP contribution < -0.4 is 10.6 Å². The third-order valence-electron chi connectivity index (χ3n) is 4.04. The topological polar surface area (TPSA) is 75.3 Å². The van der Waals surface area contributed by atoms with Crippen LogP contribution in [0.4, 0.5) is 0 Å². The number of carbonyl (C=O) groups is 3. The second-order valence-electron chi connectivity index (χ2n) is 6.04. The van der Waals surface area contributed by atoms with Gasteiger partial charge in [0.15, 0.2) is 5.12 Å². The summed E-state index contributed by atoms with van der Waals surface area (Å²) < 4.78 is 0. The summed E-state index contributed by atoms with van der Waals surface area (Å²) in [5.41, 5.74) is 1.05. The van der Waals surface area contributed by atoms with Gasteiger partial charge in [0.2, 0.25) is 11.8 Å². The zero-order valence-corrected chi connectivity index (χ0v) is 14.7. The van der Waals surface area contributed by atoms with Crippen molar-refractivity contribution in [2.45, 2.75) is 38.6 Å². The standard InChI is InChI=1S/C18H24N2O3S/c1-13(21)24-12-15(11-14-7-3-2-4-8-14)17(22)20-16-9-5-6-10-19-18(16)23/h2-4,7-8,15-16H,5-6,9-12H2,1H3,(H,19,23)(H,20,22)/t15-,16+/m1/s1. The molecular formula is C18H24N2O3S. The zero-order valence-electron chi connectivity index (χ0n) is 13.9. The van der Waals surface area contributed by atoms with Crippen LogP contribution in [0.3, 0.4) is 0 Å². The van der Waals surface area contributed by atoms with E-state index in [1.54, 1.807) is 0 Å². The maximum Gasteiger partial charge on any atom is 0.242 e. The largest absolute Gasteiger partial charge is 0.354 e. The predicted molar refractivity (Wildman–Crippen MR) is 95.6 cm³/mol. The maximum atomic E-state index is 12.7. The number of hydrogen-bond donors (Lipinski definition) is 2. The van der Waals surface area contributed by atoms with Gasteiger partial charge < -0.3 is 10.6 Å². The van der Waals surface area contributed by atoms with E-state index >= 15 is 0 Å². The van der Waals surface area contributed by atoms with Gasteiger partial charge in [-0.3, -0.25) is 14.4 Å². The quantitative estimate of drug-likeness (QED) is 0.823. The smallest absolute Gasteiger partial charge is 0.242 e. The van der Waals surface area contributed by atoms with Crippen molar-refractivity contribution in [1.82, 2.24) is 10.6 Å². The molecule has 2 atom stereocenters. The van der Waals surface area contributed by atoms with Crippen molar-refractivity contribution in [1.29, 1.82) is 0 Å². The lowest BCUT2D eigenvalue weighted by Gasteiger charge is -2.20. The van der Waals surface area contributed by atoms with Gasteiger partial charge in [-0.05, 0) is 31.2 Å². The second-order valence-corrected chi connectivity index (χ2v) is 7.23. The summed E-state index contributed by atoms with van der Waals surface area (Å²) in [4.78, 5) is 36.0. The molecule has 5 nitrogen and oxygen atoms in total. The summed E-state index contributed by atoms with van der Waals surface area (Å²) in [5.74, 6) is -0.185. The van der Waals surface area contributed by atoms with Crippen molar-refractivity contribution in [2.75, 3.05) is 12.3 Å². The van der Waals surface area contributed by atoms with Crippen molar-refractivity contribution < 1.29 is 14.4 Å². The normalized spacial score (nSPS) is 19.0. The van der Waals surface area contributed by atoms with Gasteiger partial charge >= 0.3 is 0 Å². The second kappa shape index (κ2) is 9.47. The average molecular weight is 348 g/mol. The van der Waals surface area contributed by atoms with Crippen LogP contribution in [-0.4, -0.2) is 35.3 Å². The molecule has 1 aromatic rings. The van der Waals surface area contributed by atoms with Crippen molar-refractivity contribution in [3.05, 3.63) is 35.9 Å². The first-order valence-electron chi connectivity index (χ1n) is 8.31. The highest BCUT2D eigenvalue weighted by atomic mass is 32.2. The number of amides is 2. The fourth-order valence-corrected chi connectivity index (χ4v) is 3.42. The van der Waals surface area contributed by atoms with E-state index in [4.69, 9.17) is 0 Å². The van der Waals surface area contributed by atoms with E-state index in [1.807, 2.05) is 30.3 Å². The summed E-state index contributed by atoms with van der Waals surface area (Å²) in [6, 6.07) is 9.26. The summed E-state index contributed by atoms with van der Waals surface area (Å²) >= 11 is 1.15. The van der Waals surface area contributed by atoms with Gasteiger partial charge in [0, 0.05) is 19.2 Å². The summed E-state index contributed by atoms with van der Waals surface area (Å²) in [6.45, 7) is 2.17. The highest BCUT2D eigenvalue weighted by molar-refractivity contribution is 8.13. The molecule has 1 heterocycles. The third kappa shape index (κ3) is 6.00. The van der Waals surface area contributed by atoms with Crippen molar-refractivity contribution in [3.8, 4) is 0 Å². The lowest BCUT2D eigenvalue weighted by molar-refractivity contribution is -0.130. The van der Waals surface area contributed by atoms with Crippen LogP contribution in [0.1, 0.15) is 31.7 Å². The van der Waals surface area contributed by atoms with E-state index in [0.29, 0.717) is 25.1 Å². The molecule has 2 N–H and O–H groups in total. The van der Waals surface area contributed by atoms with E-state index in [1.165, 1.54) is 6.92 Å². The van der Waals surface area contributed by atoms with Crippen LogP contribution in [0.15, 0.2) is 30.3 Å². The molecule has 2 rings (SSSR count). The molecule has 1 aromatic carbocycles. The van der Waals surface area contributed by atoms with E-state index in [2.05, 4.69) is 10.6 Å². The van der Waals surface area contributed by atoms with Gasteiger partial charge in [-0.25, -0.2) is 0 Å². The Kier molecular flexibility index (Phi) is 7.31. The Bertz CT molecular complexity index is 577. The molecule has 0 spiro atoms. The van der Waals surface area contributed by atoms with Gasteiger partial charge in [-0.2, -0.15) is 0 Å². The number of thioether (sulfide) groups is 1. The number of rotatable bonds is 6. The molecule has 1 aliphatic rings. The third-order valence-corrected chi connectivity index (χ3v) is 5.01. The zero-order chi connectivity index (χ0) is 17.4.